The maximum atomic E-state index is 2.60. The summed E-state index contributed by atoms with van der Waals surface area (Å²) in [5.41, 5.74) is 41.6. The van der Waals surface area contributed by atoms with Crippen molar-refractivity contribution in [2.45, 2.75) is 89.9 Å². The molecule has 98 heavy (non-hydrogen) atoms. The van der Waals surface area contributed by atoms with E-state index in [2.05, 4.69) is 326 Å². The van der Waals surface area contributed by atoms with Crippen LogP contribution in [0.1, 0.15) is 101 Å². The molecule has 5 aliphatic heterocycles. The highest BCUT2D eigenvalue weighted by Gasteiger charge is 2.57. The van der Waals surface area contributed by atoms with E-state index in [-0.39, 0.29) is 24.3 Å². The highest BCUT2D eigenvalue weighted by atomic mass is 15.2. The van der Waals surface area contributed by atoms with Crippen molar-refractivity contribution >= 4 is 114 Å². The quantitative estimate of drug-likeness (QED) is 0.0749. The molecule has 0 N–H and O–H groups in total. The van der Waals surface area contributed by atoms with Crippen molar-refractivity contribution in [3.63, 3.8) is 0 Å². The van der Waals surface area contributed by atoms with Crippen molar-refractivity contribution in [1.82, 2.24) is 0 Å². The van der Waals surface area contributed by atoms with Crippen LogP contribution in [0.5, 0.6) is 0 Å². The molecule has 0 radical (unpaired) electrons. The SMILES string of the molecule is CCCCCC1(CCCCC)c2ccccc2-c2ccc(-c3ccc4c(c3)C(C)(C)c3cc(-c5ccc(-c6cc7c8c(c6)N(c6ccccc6)c6ccc9c%10c6B8c6c(ccc8c6B%10c6c(cccc6N9c6ccccc6)N8c6ccccc6)N7c6ccccc6)cc5)ccc3-4)cc21. The highest BCUT2D eigenvalue weighted by Crippen LogP contribution is 2.57. The zero-order valence-corrected chi connectivity index (χ0v) is 56.2. The minimum absolute atomic E-state index is 0.00943. The van der Waals surface area contributed by atoms with E-state index in [0.29, 0.717) is 0 Å². The van der Waals surface area contributed by atoms with E-state index in [9.17, 15) is 0 Å². The molecule has 20 rings (SSSR count). The standard InChI is InChI=1S/C92H74B2N4/c1-5-7-23-52-92(53-24-8-6-2)73-35-22-21-34-69(73)72-47-44-63(56-76(72)92)62-43-46-71-70-45-42-61(54-74(70)91(3,4)75(71)55-62)59-38-40-60(41-39-59)64-57-83-86-84(58-64)98(68-32-19-12-20-33-68)82-51-49-80-88-90(82)94(86)89-81(97(83)67-30-17-11-18-31-67)50-48-79-87(89)93(88)85-77(95(79)65-26-13-9-14-27-65)36-25-37-78(85)96(80)66-28-15-10-16-29-66/h9-22,25-51,54-58H,5-8,23-24,52-53H2,1-4H3. The largest absolute Gasteiger partial charge is 0.311 e. The Balaban J connectivity index is 0.709. The molecule has 0 fully saturated rings. The second-order valence-corrected chi connectivity index (χ2v) is 29.1. The molecule has 0 saturated heterocycles. The predicted octanol–water partition coefficient (Wildman–Crippen LogP) is 20.9. The van der Waals surface area contributed by atoms with Gasteiger partial charge in [0.25, 0.3) is 13.4 Å². The Labute approximate surface area is 577 Å². The Kier molecular flexibility index (Phi) is 12.8. The van der Waals surface area contributed by atoms with Gasteiger partial charge in [-0.15, -0.1) is 0 Å². The van der Waals surface area contributed by atoms with Gasteiger partial charge < -0.3 is 19.6 Å². The Morgan fingerprint density at radius 3 is 1.01 bits per heavy atom. The molecule has 0 bridgehead atoms. The fourth-order valence-electron chi connectivity index (χ4n) is 19.3. The molecular formula is C92H74B2N4. The minimum Gasteiger partial charge on any atom is -0.311 e. The lowest BCUT2D eigenvalue weighted by molar-refractivity contribution is 0.405. The summed E-state index contributed by atoms with van der Waals surface area (Å²) in [4.78, 5) is 10.3. The van der Waals surface area contributed by atoms with Crippen LogP contribution in [0, 0.1) is 0 Å². The summed E-state index contributed by atoms with van der Waals surface area (Å²) < 4.78 is 0. The van der Waals surface area contributed by atoms with Gasteiger partial charge in [0.15, 0.2) is 0 Å². The minimum atomic E-state index is -0.196. The second-order valence-electron chi connectivity index (χ2n) is 29.1. The first kappa shape index (κ1) is 57.4. The Bertz CT molecular complexity index is 5230. The highest BCUT2D eigenvalue weighted by molar-refractivity contribution is 7.16. The third-order valence-electron chi connectivity index (χ3n) is 23.6. The van der Waals surface area contributed by atoms with Crippen LogP contribution >= 0.6 is 0 Å². The summed E-state index contributed by atoms with van der Waals surface area (Å²) in [7, 11) is 0. The van der Waals surface area contributed by atoms with E-state index in [1.807, 2.05) is 0 Å². The van der Waals surface area contributed by atoms with Crippen molar-refractivity contribution in [2.75, 3.05) is 19.6 Å². The number of benzene rings is 13. The summed E-state index contributed by atoms with van der Waals surface area (Å²) in [5, 5.41) is 0. The molecule has 13 aromatic rings. The fourth-order valence-corrected chi connectivity index (χ4v) is 19.3. The van der Waals surface area contributed by atoms with Crippen LogP contribution in [-0.2, 0) is 10.8 Å². The molecule has 0 aromatic heterocycles. The average Bonchev–Trinajstić information content (AvgIpc) is 0.818. The first-order valence-corrected chi connectivity index (χ1v) is 36.0. The number of fused-ring (bicyclic) bond motifs is 6. The van der Waals surface area contributed by atoms with Crippen LogP contribution in [0.25, 0.3) is 55.6 Å². The first-order valence-electron chi connectivity index (χ1n) is 36.0. The molecule has 0 saturated carbocycles. The molecule has 0 amide bonds. The average molecular weight is 1260 g/mol. The van der Waals surface area contributed by atoms with E-state index in [0.717, 1.165) is 22.7 Å². The molecule has 5 heterocycles. The van der Waals surface area contributed by atoms with Gasteiger partial charge in [0.05, 0.1) is 0 Å². The van der Waals surface area contributed by atoms with Gasteiger partial charge in [-0.05, 0) is 239 Å². The first-order chi connectivity index (χ1) is 48.3. The molecular weight excluding hydrogens is 1180 g/mol. The van der Waals surface area contributed by atoms with Crippen LogP contribution in [0.3, 0.4) is 0 Å². The van der Waals surface area contributed by atoms with Crippen molar-refractivity contribution in [1.29, 1.82) is 0 Å². The second kappa shape index (κ2) is 21.9. The maximum Gasteiger partial charge on any atom is 0.251 e. The van der Waals surface area contributed by atoms with E-state index in [1.165, 1.54) is 196 Å². The van der Waals surface area contributed by atoms with E-state index < -0.39 is 0 Å². The number of hydrogen-bond acceptors (Lipinski definition) is 4. The lowest BCUT2D eigenvalue weighted by Gasteiger charge is -2.53. The van der Waals surface area contributed by atoms with Crippen LogP contribution in [0.4, 0.5) is 68.2 Å². The van der Waals surface area contributed by atoms with Gasteiger partial charge in [-0.3, -0.25) is 0 Å². The Morgan fingerprint density at radius 1 is 0.255 bits per heavy atom. The van der Waals surface area contributed by atoms with Crippen molar-refractivity contribution in [2.24, 2.45) is 0 Å². The van der Waals surface area contributed by atoms with Crippen LogP contribution in [0.2, 0.25) is 0 Å². The predicted molar refractivity (Wildman–Crippen MR) is 416 cm³/mol. The zero-order valence-electron chi connectivity index (χ0n) is 56.2. The number of rotatable bonds is 15. The van der Waals surface area contributed by atoms with E-state index >= 15 is 0 Å². The smallest absolute Gasteiger partial charge is 0.251 e. The normalized spacial score (nSPS) is 14.9. The third-order valence-corrected chi connectivity index (χ3v) is 23.6. The van der Waals surface area contributed by atoms with Gasteiger partial charge in [0.2, 0.25) is 0 Å². The summed E-state index contributed by atoms with van der Waals surface area (Å²) >= 11 is 0. The van der Waals surface area contributed by atoms with Crippen molar-refractivity contribution in [3.05, 3.63) is 301 Å². The van der Waals surface area contributed by atoms with Crippen LogP contribution in [0.15, 0.2) is 279 Å². The summed E-state index contributed by atoms with van der Waals surface area (Å²) in [6.45, 7) is 9.51. The van der Waals surface area contributed by atoms with Crippen molar-refractivity contribution < 1.29 is 0 Å². The van der Waals surface area contributed by atoms with Gasteiger partial charge >= 0.3 is 0 Å². The molecule has 13 aromatic carbocycles. The lowest BCUT2D eigenvalue weighted by Crippen LogP contribution is -2.81. The van der Waals surface area contributed by atoms with E-state index in [4.69, 9.17) is 0 Å². The summed E-state index contributed by atoms with van der Waals surface area (Å²) in [6.07, 6.45) is 9.96. The lowest BCUT2D eigenvalue weighted by atomic mass is 9.18. The molecule has 468 valence electrons. The van der Waals surface area contributed by atoms with Crippen LogP contribution < -0.4 is 52.4 Å². The van der Waals surface area contributed by atoms with Crippen LogP contribution in [-0.4, -0.2) is 13.4 Å². The molecule has 0 unspecified atom stereocenters. The summed E-state index contributed by atoms with van der Waals surface area (Å²) in [6, 6.07) is 107. The summed E-state index contributed by atoms with van der Waals surface area (Å²) in [5.74, 6) is 0. The van der Waals surface area contributed by atoms with E-state index in [1.54, 1.807) is 11.1 Å². The zero-order chi connectivity index (χ0) is 65.1. The Hall–Kier alpha value is -10.8. The monoisotopic (exact) mass is 1260 g/mol. The number of anilines is 12. The molecule has 2 aliphatic carbocycles. The van der Waals surface area contributed by atoms with Gasteiger partial charge in [-0.1, -0.05) is 230 Å². The maximum absolute atomic E-state index is 2.60. The Morgan fingerprint density at radius 2 is 0.582 bits per heavy atom. The fraction of sp³-hybridized carbons (Fsp3) is 0.152. The number of hydrogen-bond donors (Lipinski definition) is 0. The van der Waals surface area contributed by atoms with Gasteiger partial charge in [0.1, 0.15) is 0 Å². The molecule has 0 atom stereocenters. The topological polar surface area (TPSA) is 13.0 Å². The number of nitrogens with zero attached hydrogens (tertiary/aromatic N) is 4. The van der Waals surface area contributed by atoms with Gasteiger partial charge in [-0.25, -0.2) is 0 Å². The molecule has 4 nitrogen and oxygen atoms in total. The number of para-hydroxylation sites is 4. The molecule has 0 spiro atoms. The van der Waals surface area contributed by atoms with Gasteiger partial charge in [0, 0.05) is 79.1 Å². The molecule has 6 heteroatoms. The molecule has 7 aliphatic rings. The number of unbranched alkanes of at least 4 members (excludes halogenated alkanes) is 4. The van der Waals surface area contributed by atoms with Gasteiger partial charge in [-0.2, -0.15) is 0 Å². The van der Waals surface area contributed by atoms with Crippen molar-refractivity contribution in [3.8, 4) is 55.6 Å². The third kappa shape index (κ3) is 8.09.